The predicted molar refractivity (Wildman–Crippen MR) is 113 cm³/mol. The van der Waals surface area contributed by atoms with Crippen molar-refractivity contribution in [1.29, 1.82) is 0 Å². The molecular formula is C20H35Cl2NOSi. The van der Waals surface area contributed by atoms with Gasteiger partial charge in [-0.3, -0.25) is 4.98 Å². The lowest BCUT2D eigenvalue weighted by molar-refractivity contribution is 0.167. The summed E-state index contributed by atoms with van der Waals surface area (Å²) >= 11 is 12.9. The van der Waals surface area contributed by atoms with E-state index in [0.717, 1.165) is 42.5 Å². The molecule has 0 saturated carbocycles. The van der Waals surface area contributed by atoms with Gasteiger partial charge in [-0.15, -0.1) is 0 Å². The van der Waals surface area contributed by atoms with Crippen molar-refractivity contribution in [1.82, 2.24) is 4.98 Å². The van der Waals surface area contributed by atoms with E-state index in [1.807, 2.05) is 0 Å². The van der Waals surface area contributed by atoms with Gasteiger partial charge in [0.05, 0.1) is 16.1 Å². The first-order valence-corrected chi connectivity index (χ1v) is 13.0. The molecule has 0 aliphatic carbocycles. The maximum absolute atomic E-state index is 6.83. The first-order chi connectivity index (χ1) is 11.8. The third kappa shape index (κ3) is 6.86. The molecular weight excluding hydrogens is 369 g/mol. The van der Waals surface area contributed by atoms with Crippen LogP contribution in [-0.4, -0.2) is 13.3 Å². The largest absolute Gasteiger partial charge is 0.410 e. The second kappa shape index (κ2) is 10.9. The Kier molecular flexibility index (Phi) is 10.0. The number of pyridine rings is 1. The van der Waals surface area contributed by atoms with Crippen LogP contribution in [0.5, 0.6) is 0 Å². The van der Waals surface area contributed by atoms with Gasteiger partial charge in [0.15, 0.2) is 8.32 Å². The molecule has 0 spiro atoms. The highest BCUT2D eigenvalue weighted by Crippen LogP contribution is 2.39. The van der Waals surface area contributed by atoms with Crippen molar-refractivity contribution in [3.63, 3.8) is 0 Å². The van der Waals surface area contributed by atoms with Crippen LogP contribution in [-0.2, 0) is 4.43 Å². The minimum Gasteiger partial charge on any atom is -0.410 e. The lowest BCUT2D eigenvalue weighted by Gasteiger charge is -2.34. The van der Waals surface area contributed by atoms with E-state index in [2.05, 4.69) is 46.5 Å². The first kappa shape index (κ1) is 22.9. The van der Waals surface area contributed by atoms with Crippen molar-refractivity contribution >= 4 is 31.5 Å². The lowest BCUT2D eigenvalue weighted by atomic mass is 9.92. The fourth-order valence-electron chi connectivity index (χ4n) is 3.65. The predicted octanol–water partition coefficient (Wildman–Crippen LogP) is 7.91. The highest BCUT2D eigenvalue weighted by molar-refractivity contribution is 6.73. The van der Waals surface area contributed by atoms with Crippen molar-refractivity contribution in [2.45, 2.75) is 85.0 Å². The topological polar surface area (TPSA) is 22.1 Å². The summed E-state index contributed by atoms with van der Waals surface area (Å²) in [6.45, 7) is 13.7. The van der Waals surface area contributed by atoms with Gasteiger partial charge in [0.2, 0.25) is 0 Å². The van der Waals surface area contributed by atoms with Gasteiger partial charge in [0.1, 0.15) is 0 Å². The fourth-order valence-corrected chi connectivity index (χ4v) is 7.10. The Morgan fingerprint density at radius 1 is 0.960 bits per heavy atom. The van der Waals surface area contributed by atoms with Crippen molar-refractivity contribution in [3.8, 4) is 0 Å². The third-order valence-corrected chi connectivity index (χ3v) is 10.6. The van der Waals surface area contributed by atoms with Crippen LogP contribution in [0.25, 0.3) is 0 Å². The second-order valence-corrected chi connectivity index (χ2v) is 13.2. The first-order valence-electron chi connectivity index (χ1n) is 9.75. The van der Waals surface area contributed by atoms with E-state index in [1.165, 1.54) is 6.42 Å². The van der Waals surface area contributed by atoms with Gasteiger partial charge >= 0.3 is 0 Å². The minimum absolute atomic E-state index is 0.0240. The fraction of sp³-hybridized carbons (Fsp3) is 0.750. The van der Waals surface area contributed by atoms with Crippen molar-refractivity contribution in [3.05, 3.63) is 28.0 Å². The van der Waals surface area contributed by atoms with Gasteiger partial charge in [0.25, 0.3) is 0 Å². The molecule has 2 nitrogen and oxygen atoms in total. The highest BCUT2D eigenvalue weighted by atomic mass is 35.5. The van der Waals surface area contributed by atoms with E-state index in [1.54, 1.807) is 12.4 Å². The molecule has 1 heterocycles. The van der Waals surface area contributed by atoms with Gasteiger partial charge < -0.3 is 4.43 Å². The normalized spacial score (nSPS) is 14.8. The summed E-state index contributed by atoms with van der Waals surface area (Å²) in [5.41, 5.74) is 0.933. The Bertz CT molecular complexity index is 492. The van der Waals surface area contributed by atoms with Crippen molar-refractivity contribution < 1.29 is 4.43 Å². The van der Waals surface area contributed by atoms with E-state index in [4.69, 9.17) is 27.6 Å². The van der Waals surface area contributed by atoms with Gasteiger partial charge in [-0.2, -0.15) is 0 Å². The maximum Gasteiger partial charge on any atom is 0.192 e. The van der Waals surface area contributed by atoms with Crippen LogP contribution in [0.2, 0.25) is 28.2 Å². The van der Waals surface area contributed by atoms with Crippen LogP contribution >= 0.6 is 23.2 Å². The molecule has 0 bridgehead atoms. The zero-order valence-electron chi connectivity index (χ0n) is 16.7. The smallest absolute Gasteiger partial charge is 0.192 e. The Morgan fingerprint density at radius 2 is 1.48 bits per heavy atom. The Balaban J connectivity index is 3.06. The third-order valence-electron chi connectivity index (χ3n) is 5.33. The van der Waals surface area contributed by atoms with Crippen LogP contribution in [0.1, 0.15) is 72.5 Å². The monoisotopic (exact) mass is 403 g/mol. The minimum atomic E-state index is -1.75. The molecule has 0 aromatic carbocycles. The van der Waals surface area contributed by atoms with E-state index >= 15 is 0 Å². The molecule has 0 aliphatic rings. The van der Waals surface area contributed by atoms with Crippen LogP contribution in [0.3, 0.4) is 0 Å². The molecule has 0 amide bonds. The number of rotatable bonds is 11. The van der Waals surface area contributed by atoms with Gasteiger partial charge in [0, 0.05) is 18.0 Å². The quantitative estimate of drug-likeness (QED) is 0.350. The number of halogens is 2. The van der Waals surface area contributed by atoms with Crippen LogP contribution < -0.4 is 0 Å². The highest BCUT2D eigenvalue weighted by Gasteiger charge is 2.34. The molecule has 2 unspecified atom stereocenters. The average molecular weight is 404 g/mol. The van der Waals surface area contributed by atoms with E-state index in [0.29, 0.717) is 16.0 Å². The van der Waals surface area contributed by atoms with Crippen molar-refractivity contribution in [2.75, 3.05) is 0 Å². The van der Waals surface area contributed by atoms with Crippen molar-refractivity contribution in [2.24, 2.45) is 11.8 Å². The van der Waals surface area contributed by atoms with Gasteiger partial charge in [-0.05, 0) is 49.2 Å². The number of aromatic nitrogens is 1. The molecule has 0 aliphatic heterocycles. The molecule has 144 valence electrons. The average Bonchev–Trinajstić information content (AvgIpc) is 2.56. The summed E-state index contributed by atoms with van der Waals surface area (Å²) in [7, 11) is -1.75. The van der Waals surface area contributed by atoms with Gasteiger partial charge in [-0.25, -0.2) is 0 Å². The molecule has 0 N–H and O–H groups in total. The molecule has 1 aromatic heterocycles. The molecule has 25 heavy (non-hydrogen) atoms. The zero-order valence-corrected chi connectivity index (χ0v) is 19.3. The molecule has 1 aromatic rings. The Morgan fingerprint density at radius 3 is 1.92 bits per heavy atom. The number of nitrogens with zero attached hydrogens (tertiary/aromatic N) is 1. The second-order valence-electron chi connectivity index (χ2n) is 7.68. The van der Waals surface area contributed by atoms with E-state index in [-0.39, 0.29) is 6.10 Å². The molecule has 2 atom stereocenters. The van der Waals surface area contributed by atoms with Gasteiger partial charge in [-0.1, -0.05) is 64.7 Å². The summed E-state index contributed by atoms with van der Waals surface area (Å²) in [4.78, 5) is 4.11. The summed E-state index contributed by atoms with van der Waals surface area (Å²) in [6.07, 6.45) is 6.67. The Labute approximate surface area is 165 Å². The van der Waals surface area contributed by atoms with Crippen LogP contribution in [0, 0.1) is 11.8 Å². The zero-order chi connectivity index (χ0) is 19.0. The number of hydrogen-bond acceptors (Lipinski definition) is 2. The van der Waals surface area contributed by atoms with E-state index < -0.39 is 8.32 Å². The molecule has 0 radical (unpaired) electrons. The van der Waals surface area contributed by atoms with Crippen LogP contribution in [0.15, 0.2) is 12.4 Å². The maximum atomic E-state index is 6.83. The molecule has 5 heteroatoms. The number of hydrogen-bond donors (Lipinski definition) is 0. The Hall–Kier alpha value is -0.0931. The molecule has 1 rings (SSSR count). The standard InChI is InChI=1S/C20H35Cl2NOSi/c1-7-25(8-2,9-3)24-19(11-10-16(6)12-15(4)5)20-17(21)13-23-14-18(20)22/h13-16,19H,7-12H2,1-6H3. The van der Waals surface area contributed by atoms with E-state index in [9.17, 15) is 0 Å². The molecule has 0 saturated heterocycles. The lowest BCUT2D eigenvalue weighted by Crippen LogP contribution is -2.37. The SMILES string of the molecule is CC[Si](CC)(CC)OC(CCC(C)CC(C)C)c1c(Cl)cncc1Cl. The summed E-state index contributed by atoms with van der Waals surface area (Å²) in [6, 6.07) is 3.37. The summed E-state index contributed by atoms with van der Waals surface area (Å²) in [5.74, 6) is 1.39. The van der Waals surface area contributed by atoms with Crippen LogP contribution in [0.4, 0.5) is 0 Å². The molecule has 0 fully saturated rings. The summed E-state index contributed by atoms with van der Waals surface area (Å²) < 4.78 is 6.83. The summed E-state index contributed by atoms with van der Waals surface area (Å²) in [5, 5.41) is 1.25.